The Morgan fingerprint density at radius 2 is 1.25 bits per heavy atom. The molecule has 0 aromatic carbocycles. The molecule has 0 aliphatic rings. The summed E-state index contributed by atoms with van der Waals surface area (Å²) in [5.74, 6) is 0. The van der Waals surface area contributed by atoms with Crippen LogP contribution in [0.2, 0.25) is 0 Å². The average molecular weight is 254 g/mol. The Labute approximate surface area is 97.9 Å². The first-order valence-electron chi connectivity index (χ1n) is 5.66. The van der Waals surface area contributed by atoms with Crippen molar-refractivity contribution < 1.29 is 23.1 Å². The average Bonchev–Trinajstić information content (AvgIpc) is 2.19. The van der Waals surface area contributed by atoms with Gasteiger partial charge < -0.3 is 18.5 Å². The van der Waals surface area contributed by atoms with Crippen LogP contribution >= 0.6 is 7.60 Å². The van der Waals surface area contributed by atoms with E-state index in [-0.39, 0.29) is 13.2 Å². The zero-order valence-electron chi connectivity index (χ0n) is 10.8. The van der Waals surface area contributed by atoms with Gasteiger partial charge >= 0.3 is 7.60 Å². The van der Waals surface area contributed by atoms with Crippen LogP contribution in [0.15, 0.2) is 0 Å². The van der Waals surface area contributed by atoms with Gasteiger partial charge in [0.25, 0.3) is 5.53 Å². The van der Waals surface area contributed by atoms with Gasteiger partial charge in [-0.25, -0.2) is 0 Å². The molecule has 0 bridgehead atoms. The van der Waals surface area contributed by atoms with Crippen LogP contribution in [0, 0.1) is 0 Å². The SMILES string of the molecule is CCOC(C)(OCC)P(=O)(OCC)OCC. The first-order valence-corrected chi connectivity index (χ1v) is 7.21. The molecule has 98 valence electrons. The Hall–Kier alpha value is 0.0700. The molecule has 0 atom stereocenters. The Balaban J connectivity index is 4.99. The molecule has 0 amide bonds. The Morgan fingerprint density at radius 3 is 1.50 bits per heavy atom. The smallest absolute Gasteiger partial charge is 0.341 e. The van der Waals surface area contributed by atoms with Gasteiger partial charge in [-0.15, -0.1) is 0 Å². The maximum Gasteiger partial charge on any atom is 0.389 e. The zero-order chi connectivity index (χ0) is 12.7. The van der Waals surface area contributed by atoms with Gasteiger partial charge in [-0.3, -0.25) is 4.57 Å². The Bertz CT molecular complexity index is 215. The number of ether oxygens (including phenoxy) is 2. The molecule has 5 nitrogen and oxygen atoms in total. The molecule has 0 saturated carbocycles. The largest absolute Gasteiger partial charge is 0.389 e. The van der Waals surface area contributed by atoms with E-state index >= 15 is 0 Å². The zero-order valence-corrected chi connectivity index (χ0v) is 11.7. The topological polar surface area (TPSA) is 54.0 Å². The first-order chi connectivity index (χ1) is 7.49. The van der Waals surface area contributed by atoms with Crippen molar-refractivity contribution in [1.82, 2.24) is 0 Å². The second-order valence-corrected chi connectivity index (χ2v) is 5.42. The van der Waals surface area contributed by atoms with Gasteiger partial charge in [0.05, 0.1) is 13.2 Å². The summed E-state index contributed by atoms with van der Waals surface area (Å²) in [4.78, 5) is 0. The van der Waals surface area contributed by atoms with Crippen LogP contribution in [-0.4, -0.2) is 32.0 Å². The maximum atomic E-state index is 12.5. The van der Waals surface area contributed by atoms with E-state index in [2.05, 4.69) is 0 Å². The lowest BCUT2D eigenvalue weighted by Crippen LogP contribution is -2.34. The second kappa shape index (κ2) is 7.41. The fourth-order valence-electron chi connectivity index (χ4n) is 1.35. The van der Waals surface area contributed by atoms with Crippen LogP contribution in [-0.2, 0) is 23.1 Å². The Morgan fingerprint density at radius 1 is 0.875 bits per heavy atom. The predicted octanol–water partition coefficient (Wildman–Crippen LogP) is 3.00. The van der Waals surface area contributed by atoms with Gasteiger partial charge in [0.2, 0.25) is 0 Å². The molecule has 0 fully saturated rings. The van der Waals surface area contributed by atoms with Gasteiger partial charge in [0, 0.05) is 20.1 Å². The molecule has 6 heteroatoms. The predicted molar refractivity (Wildman–Crippen MR) is 62.5 cm³/mol. The van der Waals surface area contributed by atoms with Crippen molar-refractivity contribution in [3.05, 3.63) is 0 Å². The lowest BCUT2D eigenvalue weighted by Gasteiger charge is -2.34. The summed E-state index contributed by atoms with van der Waals surface area (Å²) in [7, 11) is -3.42. The normalized spacial score (nSPS) is 13.1. The Kier molecular flexibility index (Phi) is 7.44. The van der Waals surface area contributed by atoms with E-state index in [4.69, 9.17) is 18.5 Å². The van der Waals surface area contributed by atoms with E-state index in [1.165, 1.54) is 0 Å². The summed E-state index contributed by atoms with van der Waals surface area (Å²) in [6.07, 6.45) is 0. The molecule has 0 aliphatic heterocycles. The van der Waals surface area contributed by atoms with Gasteiger partial charge in [0.1, 0.15) is 0 Å². The molecule has 0 heterocycles. The maximum absolute atomic E-state index is 12.5. The summed E-state index contributed by atoms with van der Waals surface area (Å²) in [5.41, 5.74) is -1.33. The molecule has 0 rings (SSSR count). The van der Waals surface area contributed by atoms with Crippen molar-refractivity contribution in [2.24, 2.45) is 0 Å². The molecule has 0 aliphatic carbocycles. The van der Waals surface area contributed by atoms with Crippen molar-refractivity contribution >= 4 is 7.60 Å². The molecule has 0 aromatic heterocycles. The fraction of sp³-hybridized carbons (Fsp3) is 1.00. The van der Waals surface area contributed by atoms with Crippen LogP contribution < -0.4 is 0 Å². The molecule has 0 radical (unpaired) electrons. The van der Waals surface area contributed by atoms with Crippen LogP contribution in [0.4, 0.5) is 0 Å². The molecule has 16 heavy (non-hydrogen) atoms. The van der Waals surface area contributed by atoms with Crippen LogP contribution in [0.25, 0.3) is 0 Å². The molecule has 0 saturated heterocycles. The van der Waals surface area contributed by atoms with Gasteiger partial charge in [0.15, 0.2) is 0 Å². The third kappa shape index (κ3) is 3.82. The van der Waals surface area contributed by atoms with Gasteiger partial charge in [-0.05, 0) is 27.7 Å². The molecule has 0 aromatic rings. The summed E-state index contributed by atoms with van der Waals surface area (Å²) < 4.78 is 33.8. The van der Waals surface area contributed by atoms with E-state index in [1.807, 2.05) is 0 Å². The van der Waals surface area contributed by atoms with E-state index in [0.29, 0.717) is 13.2 Å². The van der Waals surface area contributed by atoms with Gasteiger partial charge in [-0.1, -0.05) is 0 Å². The first kappa shape index (κ1) is 16.1. The lowest BCUT2D eigenvalue weighted by atomic mass is 10.7. The number of rotatable bonds is 9. The molecule has 0 N–H and O–H groups in total. The quantitative estimate of drug-likeness (QED) is 0.467. The minimum absolute atomic E-state index is 0.285. The van der Waals surface area contributed by atoms with Crippen molar-refractivity contribution in [3.63, 3.8) is 0 Å². The van der Waals surface area contributed by atoms with Crippen molar-refractivity contribution in [1.29, 1.82) is 0 Å². The third-order valence-electron chi connectivity index (χ3n) is 1.92. The van der Waals surface area contributed by atoms with Crippen LogP contribution in [0.3, 0.4) is 0 Å². The number of hydrogen-bond donors (Lipinski definition) is 0. The molecular weight excluding hydrogens is 231 g/mol. The van der Waals surface area contributed by atoms with E-state index in [9.17, 15) is 4.57 Å². The van der Waals surface area contributed by atoms with Crippen LogP contribution in [0.5, 0.6) is 0 Å². The van der Waals surface area contributed by atoms with Gasteiger partial charge in [-0.2, -0.15) is 0 Å². The van der Waals surface area contributed by atoms with E-state index in [0.717, 1.165) is 0 Å². The lowest BCUT2D eigenvalue weighted by molar-refractivity contribution is -0.176. The molecule has 0 spiro atoms. The molecular formula is C10H23O5P. The summed E-state index contributed by atoms with van der Waals surface area (Å²) in [5, 5.41) is 0. The molecule has 0 unspecified atom stereocenters. The van der Waals surface area contributed by atoms with Crippen LogP contribution in [0.1, 0.15) is 34.6 Å². The summed E-state index contributed by atoms with van der Waals surface area (Å²) >= 11 is 0. The highest BCUT2D eigenvalue weighted by atomic mass is 31.2. The van der Waals surface area contributed by atoms with Crippen molar-refractivity contribution in [2.75, 3.05) is 26.4 Å². The van der Waals surface area contributed by atoms with Crippen molar-refractivity contribution in [2.45, 2.75) is 40.1 Å². The minimum atomic E-state index is -3.42. The highest BCUT2D eigenvalue weighted by molar-refractivity contribution is 7.55. The van der Waals surface area contributed by atoms with E-state index < -0.39 is 13.1 Å². The van der Waals surface area contributed by atoms with Crippen molar-refractivity contribution in [3.8, 4) is 0 Å². The number of hydrogen-bond acceptors (Lipinski definition) is 5. The summed E-state index contributed by atoms with van der Waals surface area (Å²) in [6, 6.07) is 0. The monoisotopic (exact) mass is 254 g/mol. The fourth-order valence-corrected chi connectivity index (χ4v) is 3.14. The highest BCUT2D eigenvalue weighted by Crippen LogP contribution is 2.60. The summed E-state index contributed by atoms with van der Waals surface area (Å²) in [6.45, 7) is 10.0. The minimum Gasteiger partial charge on any atom is -0.341 e. The second-order valence-electron chi connectivity index (χ2n) is 3.10. The standard InChI is InChI=1S/C10H23O5P/c1-6-12-10(5,13-7-2)16(11,14-8-3)15-9-4/h6-9H2,1-5H3. The van der Waals surface area contributed by atoms with E-state index in [1.54, 1.807) is 34.6 Å². The highest BCUT2D eigenvalue weighted by Gasteiger charge is 2.49. The third-order valence-corrected chi connectivity index (χ3v) is 4.37.